The maximum absolute atomic E-state index is 12.8. The summed E-state index contributed by atoms with van der Waals surface area (Å²) in [5, 5.41) is 7.41. The normalized spacial score (nSPS) is 10.7. The van der Waals surface area contributed by atoms with E-state index in [1.165, 1.54) is 12.1 Å². The Bertz CT molecular complexity index is 466. The first-order valence-electron chi connectivity index (χ1n) is 4.55. The summed E-state index contributed by atoms with van der Waals surface area (Å²) in [4.78, 5) is 0. The van der Waals surface area contributed by atoms with E-state index < -0.39 is 0 Å². The van der Waals surface area contributed by atoms with E-state index >= 15 is 0 Å². The molecule has 0 saturated heterocycles. The number of rotatable bonds is 2. The molecule has 1 aromatic heterocycles. The molecule has 0 fully saturated rings. The molecule has 74 valence electrons. The maximum atomic E-state index is 12.8. The lowest BCUT2D eigenvalue weighted by Gasteiger charge is -1.93. The summed E-state index contributed by atoms with van der Waals surface area (Å²) in [5.41, 5.74) is 1.76. The van der Waals surface area contributed by atoms with Crippen molar-refractivity contribution in [3.05, 3.63) is 59.7 Å². The average Bonchev–Trinajstić information content (AvgIpc) is 2.28. The van der Waals surface area contributed by atoms with Crippen molar-refractivity contribution >= 4 is 12.2 Å². The summed E-state index contributed by atoms with van der Waals surface area (Å²) >= 11 is 0. The molecule has 15 heavy (non-hydrogen) atoms. The fourth-order valence-corrected chi connectivity index (χ4v) is 1.20. The Morgan fingerprint density at radius 2 is 1.87 bits per heavy atom. The molecule has 0 aliphatic rings. The van der Waals surface area contributed by atoms with Crippen LogP contribution in [0.25, 0.3) is 12.2 Å². The molecule has 2 aromatic rings. The van der Waals surface area contributed by atoms with Gasteiger partial charge in [0.2, 0.25) is 0 Å². The Labute approximate surface area is 87.1 Å². The summed E-state index contributed by atoms with van der Waals surface area (Å²) in [6, 6.07) is 8.26. The average molecular weight is 200 g/mol. The number of hydrogen-bond acceptors (Lipinski definition) is 2. The lowest BCUT2D eigenvalue weighted by molar-refractivity contribution is 0.627. The molecule has 0 amide bonds. The predicted molar refractivity (Wildman–Crippen MR) is 57.4 cm³/mol. The van der Waals surface area contributed by atoms with E-state index in [1.807, 2.05) is 24.3 Å². The molecule has 1 aromatic carbocycles. The second-order valence-corrected chi connectivity index (χ2v) is 3.06. The topological polar surface area (TPSA) is 25.8 Å². The highest BCUT2D eigenvalue weighted by atomic mass is 19.1. The largest absolute Gasteiger partial charge is 0.207 e. The molecule has 0 radical (unpaired) electrons. The van der Waals surface area contributed by atoms with Crippen LogP contribution in [0.15, 0.2) is 42.7 Å². The second-order valence-electron chi connectivity index (χ2n) is 3.06. The van der Waals surface area contributed by atoms with Gasteiger partial charge in [0.15, 0.2) is 0 Å². The van der Waals surface area contributed by atoms with Crippen molar-refractivity contribution in [2.24, 2.45) is 0 Å². The van der Waals surface area contributed by atoms with Crippen LogP contribution in [0.3, 0.4) is 0 Å². The highest BCUT2D eigenvalue weighted by Gasteiger charge is 1.90. The molecule has 0 bridgehead atoms. The molecule has 2 nitrogen and oxygen atoms in total. The van der Waals surface area contributed by atoms with Crippen molar-refractivity contribution in [3.63, 3.8) is 0 Å². The minimum absolute atomic E-state index is 0.231. The number of benzene rings is 1. The molecule has 0 saturated carbocycles. The van der Waals surface area contributed by atoms with Crippen molar-refractivity contribution in [1.29, 1.82) is 0 Å². The van der Waals surface area contributed by atoms with Gasteiger partial charge in [-0.1, -0.05) is 24.3 Å². The van der Waals surface area contributed by atoms with E-state index in [-0.39, 0.29) is 5.82 Å². The number of aromatic nitrogens is 2. The van der Waals surface area contributed by atoms with Gasteiger partial charge in [-0.25, -0.2) is 4.39 Å². The molecule has 0 unspecified atom stereocenters. The van der Waals surface area contributed by atoms with Gasteiger partial charge in [0, 0.05) is 0 Å². The fourth-order valence-electron chi connectivity index (χ4n) is 1.20. The zero-order chi connectivity index (χ0) is 10.5. The van der Waals surface area contributed by atoms with Crippen molar-refractivity contribution < 1.29 is 4.39 Å². The van der Waals surface area contributed by atoms with Gasteiger partial charge in [-0.3, -0.25) is 0 Å². The number of nitrogens with zero attached hydrogens (tertiary/aromatic N) is 2. The summed E-state index contributed by atoms with van der Waals surface area (Å²) < 4.78 is 12.8. The summed E-state index contributed by atoms with van der Waals surface area (Å²) in [6.45, 7) is 0. The van der Waals surface area contributed by atoms with Crippen molar-refractivity contribution in [1.82, 2.24) is 10.2 Å². The molecule has 2 rings (SSSR count). The van der Waals surface area contributed by atoms with Crippen LogP contribution in [0.4, 0.5) is 4.39 Å². The monoisotopic (exact) mass is 200 g/mol. The van der Waals surface area contributed by atoms with E-state index in [1.54, 1.807) is 18.5 Å². The lowest BCUT2D eigenvalue weighted by Crippen LogP contribution is -1.79. The molecule has 0 spiro atoms. The van der Waals surface area contributed by atoms with Crippen LogP contribution in [0.2, 0.25) is 0 Å². The Kier molecular flexibility index (Phi) is 2.83. The smallest absolute Gasteiger partial charge is 0.123 e. The number of halogens is 1. The van der Waals surface area contributed by atoms with Crippen LogP contribution < -0.4 is 0 Å². The quantitative estimate of drug-likeness (QED) is 0.744. The van der Waals surface area contributed by atoms with Gasteiger partial charge in [0.25, 0.3) is 0 Å². The van der Waals surface area contributed by atoms with E-state index in [9.17, 15) is 4.39 Å². The standard InChI is InChI=1S/C12H9FN2/c13-12-3-1-2-10(8-12)4-5-11-6-7-14-15-9-11/h1-9H/b5-4+. The second kappa shape index (κ2) is 4.46. The Hall–Kier alpha value is -2.03. The minimum atomic E-state index is -0.231. The first-order chi connectivity index (χ1) is 7.34. The fraction of sp³-hybridized carbons (Fsp3) is 0. The molecular formula is C12H9FN2. The van der Waals surface area contributed by atoms with Gasteiger partial charge >= 0.3 is 0 Å². The summed E-state index contributed by atoms with van der Waals surface area (Å²) in [6.07, 6.45) is 6.96. The van der Waals surface area contributed by atoms with Crippen molar-refractivity contribution in [2.75, 3.05) is 0 Å². The highest BCUT2D eigenvalue weighted by Crippen LogP contribution is 2.08. The highest BCUT2D eigenvalue weighted by molar-refractivity contribution is 5.68. The van der Waals surface area contributed by atoms with Gasteiger partial charge in [-0.15, -0.1) is 0 Å². The Morgan fingerprint density at radius 3 is 2.60 bits per heavy atom. The number of hydrogen-bond donors (Lipinski definition) is 0. The van der Waals surface area contributed by atoms with E-state index in [0.29, 0.717) is 0 Å². The summed E-state index contributed by atoms with van der Waals surface area (Å²) in [7, 11) is 0. The van der Waals surface area contributed by atoms with Crippen LogP contribution in [0.5, 0.6) is 0 Å². The zero-order valence-electron chi connectivity index (χ0n) is 7.97. The SMILES string of the molecule is Fc1cccc(/C=C/c2ccnnc2)c1. The predicted octanol–water partition coefficient (Wildman–Crippen LogP) is 2.79. The van der Waals surface area contributed by atoms with E-state index in [0.717, 1.165) is 11.1 Å². The van der Waals surface area contributed by atoms with E-state index in [2.05, 4.69) is 10.2 Å². The molecular weight excluding hydrogens is 191 g/mol. The molecule has 1 heterocycles. The molecule has 0 aliphatic carbocycles. The van der Waals surface area contributed by atoms with Gasteiger partial charge in [0.1, 0.15) is 5.82 Å². The first-order valence-corrected chi connectivity index (χ1v) is 4.55. The third-order valence-electron chi connectivity index (χ3n) is 1.92. The zero-order valence-corrected chi connectivity index (χ0v) is 7.97. The Balaban J connectivity index is 2.19. The van der Waals surface area contributed by atoms with Crippen LogP contribution in [0.1, 0.15) is 11.1 Å². The molecule has 0 atom stereocenters. The maximum Gasteiger partial charge on any atom is 0.123 e. The third kappa shape index (κ3) is 2.71. The lowest BCUT2D eigenvalue weighted by atomic mass is 10.2. The van der Waals surface area contributed by atoms with Crippen LogP contribution in [-0.2, 0) is 0 Å². The molecule has 3 heteroatoms. The molecule has 0 aliphatic heterocycles. The van der Waals surface area contributed by atoms with Gasteiger partial charge in [-0.05, 0) is 29.3 Å². The van der Waals surface area contributed by atoms with Crippen LogP contribution >= 0.6 is 0 Å². The minimum Gasteiger partial charge on any atom is -0.207 e. The Morgan fingerprint density at radius 1 is 1.00 bits per heavy atom. The van der Waals surface area contributed by atoms with Crippen LogP contribution in [0, 0.1) is 5.82 Å². The third-order valence-corrected chi connectivity index (χ3v) is 1.92. The van der Waals surface area contributed by atoms with Gasteiger partial charge < -0.3 is 0 Å². The van der Waals surface area contributed by atoms with Crippen molar-refractivity contribution in [2.45, 2.75) is 0 Å². The van der Waals surface area contributed by atoms with Crippen molar-refractivity contribution in [3.8, 4) is 0 Å². The van der Waals surface area contributed by atoms with E-state index in [4.69, 9.17) is 0 Å². The van der Waals surface area contributed by atoms with Crippen LogP contribution in [-0.4, -0.2) is 10.2 Å². The first kappa shape index (κ1) is 9.52. The molecule has 0 N–H and O–H groups in total. The van der Waals surface area contributed by atoms with Gasteiger partial charge in [0.05, 0.1) is 12.4 Å². The van der Waals surface area contributed by atoms with Gasteiger partial charge in [-0.2, -0.15) is 10.2 Å². The summed E-state index contributed by atoms with van der Waals surface area (Å²) in [5.74, 6) is -0.231.